The number of para-hydroxylation sites is 1. The normalized spacial score (nSPS) is 12.0. The van der Waals surface area contributed by atoms with Crippen LogP contribution in [0, 0.1) is 0 Å². The summed E-state index contributed by atoms with van der Waals surface area (Å²) in [6.07, 6.45) is -4.52. The summed E-state index contributed by atoms with van der Waals surface area (Å²) in [4.78, 5) is 14.6. The molecular weight excluding hydrogens is 223 g/mol. The zero-order chi connectivity index (χ0) is 11.9. The molecule has 1 aromatic heterocycles. The Balaban J connectivity index is 2.73. The van der Waals surface area contributed by atoms with Crippen molar-refractivity contribution < 1.29 is 22.4 Å². The van der Waals surface area contributed by atoms with Crippen LogP contribution in [0.5, 0.6) is 0 Å². The van der Waals surface area contributed by atoms with E-state index in [1.807, 2.05) is 0 Å². The van der Waals surface area contributed by atoms with Crippen LogP contribution in [0.2, 0.25) is 0 Å². The maximum atomic E-state index is 12.6. The van der Waals surface area contributed by atoms with Crippen LogP contribution in [0.25, 0.3) is 11.1 Å². The van der Waals surface area contributed by atoms with E-state index in [9.17, 15) is 18.0 Å². The van der Waals surface area contributed by atoms with Crippen molar-refractivity contribution in [2.75, 3.05) is 0 Å². The molecule has 0 saturated heterocycles. The first-order chi connectivity index (χ1) is 7.39. The van der Waals surface area contributed by atoms with Crippen molar-refractivity contribution in [3.05, 3.63) is 29.7 Å². The smallest absolute Gasteiger partial charge is 0.420 e. The minimum absolute atomic E-state index is 0.0278. The number of ketones is 1. The molecule has 0 atom stereocenters. The van der Waals surface area contributed by atoms with Crippen LogP contribution in [0.15, 0.2) is 22.6 Å². The number of alkyl halides is 3. The number of carbonyl (C=O) groups excluding carboxylic acids is 1. The Labute approximate surface area is 87.9 Å². The molecule has 0 amide bonds. The Morgan fingerprint density at radius 1 is 1.38 bits per heavy atom. The van der Waals surface area contributed by atoms with E-state index in [1.54, 1.807) is 0 Å². The second-order valence-electron chi connectivity index (χ2n) is 3.23. The lowest BCUT2D eigenvalue weighted by molar-refractivity contribution is -0.136. The summed E-state index contributed by atoms with van der Waals surface area (Å²) in [5.41, 5.74) is -1.30. The summed E-state index contributed by atoms with van der Waals surface area (Å²) >= 11 is 0. The highest BCUT2D eigenvalue weighted by atomic mass is 19.4. The van der Waals surface area contributed by atoms with Gasteiger partial charge in [-0.3, -0.25) is 4.79 Å². The molecule has 0 aliphatic heterocycles. The Kier molecular flexibility index (Phi) is 2.22. The van der Waals surface area contributed by atoms with Gasteiger partial charge in [-0.05, 0) is 12.1 Å². The molecule has 84 valence electrons. The third-order valence-corrected chi connectivity index (χ3v) is 2.02. The van der Waals surface area contributed by atoms with Gasteiger partial charge in [0.1, 0.15) is 11.1 Å². The van der Waals surface area contributed by atoms with Crippen molar-refractivity contribution in [3.8, 4) is 0 Å². The number of halogens is 3. The van der Waals surface area contributed by atoms with Crippen LogP contribution in [-0.2, 0) is 6.18 Å². The lowest BCUT2D eigenvalue weighted by Gasteiger charge is -2.05. The predicted octanol–water partition coefficient (Wildman–Crippen LogP) is 3.05. The molecule has 1 aromatic carbocycles. The van der Waals surface area contributed by atoms with Crippen LogP contribution in [0.3, 0.4) is 0 Å². The van der Waals surface area contributed by atoms with E-state index in [0.29, 0.717) is 0 Å². The maximum absolute atomic E-state index is 12.6. The van der Waals surface area contributed by atoms with Gasteiger partial charge in [0.15, 0.2) is 5.58 Å². The third kappa shape index (κ3) is 1.66. The summed E-state index contributed by atoms with van der Waals surface area (Å²) in [6, 6.07) is 3.47. The monoisotopic (exact) mass is 229 g/mol. The van der Waals surface area contributed by atoms with Gasteiger partial charge in [-0.15, -0.1) is 0 Å². The first-order valence-electron chi connectivity index (χ1n) is 4.37. The molecule has 2 rings (SSSR count). The minimum Gasteiger partial charge on any atom is -0.433 e. The molecule has 0 aliphatic rings. The summed E-state index contributed by atoms with van der Waals surface area (Å²) < 4.78 is 42.5. The summed E-state index contributed by atoms with van der Waals surface area (Å²) in [7, 11) is 0. The predicted molar refractivity (Wildman–Crippen MR) is 49.0 cm³/mol. The number of oxazole rings is 1. The largest absolute Gasteiger partial charge is 0.433 e. The lowest BCUT2D eigenvalue weighted by Crippen LogP contribution is -2.04. The Morgan fingerprint density at radius 2 is 2.06 bits per heavy atom. The van der Waals surface area contributed by atoms with E-state index in [4.69, 9.17) is 4.42 Å². The average molecular weight is 229 g/mol. The minimum atomic E-state index is -4.52. The number of carbonyl (C=O) groups is 1. The SMILES string of the molecule is CC(=O)c1nc2cccc(C(F)(F)F)c2o1. The first-order valence-corrected chi connectivity index (χ1v) is 4.37. The maximum Gasteiger partial charge on any atom is 0.420 e. The molecule has 1 heterocycles. The number of hydrogen-bond acceptors (Lipinski definition) is 3. The Morgan fingerprint density at radius 3 is 2.62 bits per heavy atom. The highest BCUT2D eigenvalue weighted by Crippen LogP contribution is 2.34. The fourth-order valence-corrected chi connectivity index (χ4v) is 1.32. The van der Waals surface area contributed by atoms with E-state index in [1.165, 1.54) is 19.1 Å². The molecule has 0 fully saturated rings. The number of aromatic nitrogens is 1. The molecule has 16 heavy (non-hydrogen) atoms. The molecule has 0 aliphatic carbocycles. The van der Waals surface area contributed by atoms with Gasteiger partial charge in [0.2, 0.25) is 5.78 Å². The van der Waals surface area contributed by atoms with Crippen molar-refractivity contribution in [2.24, 2.45) is 0 Å². The molecule has 2 aromatic rings. The van der Waals surface area contributed by atoms with Crippen molar-refractivity contribution in [2.45, 2.75) is 13.1 Å². The molecule has 0 bridgehead atoms. The fourth-order valence-electron chi connectivity index (χ4n) is 1.32. The van der Waals surface area contributed by atoms with E-state index in [-0.39, 0.29) is 11.4 Å². The van der Waals surface area contributed by atoms with Gasteiger partial charge in [-0.25, -0.2) is 4.98 Å². The highest BCUT2D eigenvalue weighted by Gasteiger charge is 2.34. The van der Waals surface area contributed by atoms with Gasteiger partial charge in [0.25, 0.3) is 5.89 Å². The molecule has 6 heteroatoms. The van der Waals surface area contributed by atoms with Gasteiger partial charge < -0.3 is 4.42 Å². The number of fused-ring (bicyclic) bond motifs is 1. The quantitative estimate of drug-likeness (QED) is 0.706. The first kappa shape index (κ1) is 10.7. The van der Waals surface area contributed by atoms with Crippen LogP contribution in [0.4, 0.5) is 13.2 Å². The van der Waals surface area contributed by atoms with Crippen LogP contribution >= 0.6 is 0 Å². The lowest BCUT2D eigenvalue weighted by atomic mass is 10.2. The number of rotatable bonds is 1. The molecular formula is C10H6F3NO2. The van der Waals surface area contributed by atoms with E-state index in [0.717, 1.165) is 6.07 Å². The Hall–Kier alpha value is -1.85. The standard InChI is InChI=1S/C10H6F3NO2/c1-5(15)9-14-7-4-2-3-6(8(7)16-9)10(11,12)13/h2-4H,1H3. The van der Waals surface area contributed by atoms with E-state index in [2.05, 4.69) is 4.98 Å². The van der Waals surface area contributed by atoms with E-state index >= 15 is 0 Å². The van der Waals surface area contributed by atoms with E-state index < -0.39 is 23.1 Å². The molecule has 0 spiro atoms. The highest BCUT2D eigenvalue weighted by molar-refractivity contribution is 5.92. The number of benzene rings is 1. The second kappa shape index (κ2) is 3.33. The molecule has 0 N–H and O–H groups in total. The van der Waals surface area contributed by atoms with Crippen molar-refractivity contribution >= 4 is 16.9 Å². The summed E-state index contributed by atoms with van der Waals surface area (Å²) in [5.74, 6) is -0.823. The Bertz CT molecular complexity index is 557. The molecule has 0 saturated carbocycles. The number of hydrogen-bond donors (Lipinski definition) is 0. The van der Waals surface area contributed by atoms with Crippen molar-refractivity contribution in [3.63, 3.8) is 0 Å². The van der Waals surface area contributed by atoms with Crippen molar-refractivity contribution in [1.29, 1.82) is 0 Å². The molecule has 3 nitrogen and oxygen atoms in total. The molecule has 0 unspecified atom stereocenters. The number of nitrogens with zero attached hydrogens (tertiary/aromatic N) is 1. The zero-order valence-electron chi connectivity index (χ0n) is 8.13. The van der Waals surface area contributed by atoms with Gasteiger partial charge in [-0.2, -0.15) is 13.2 Å². The second-order valence-corrected chi connectivity index (χ2v) is 3.23. The van der Waals surface area contributed by atoms with Crippen molar-refractivity contribution in [1.82, 2.24) is 4.98 Å². The van der Waals surface area contributed by atoms with Gasteiger partial charge in [0.05, 0.1) is 0 Å². The number of Topliss-reactive ketones (excluding diaryl/α,β-unsaturated/α-hetero) is 1. The van der Waals surface area contributed by atoms with Gasteiger partial charge >= 0.3 is 6.18 Å². The van der Waals surface area contributed by atoms with Crippen LogP contribution < -0.4 is 0 Å². The third-order valence-electron chi connectivity index (χ3n) is 2.02. The molecule has 0 radical (unpaired) electrons. The topological polar surface area (TPSA) is 43.1 Å². The summed E-state index contributed by atoms with van der Waals surface area (Å²) in [6.45, 7) is 1.18. The fraction of sp³-hybridized carbons (Fsp3) is 0.200. The van der Waals surface area contributed by atoms with Crippen LogP contribution in [-0.4, -0.2) is 10.8 Å². The van der Waals surface area contributed by atoms with Gasteiger partial charge in [0, 0.05) is 6.92 Å². The van der Waals surface area contributed by atoms with Gasteiger partial charge in [-0.1, -0.05) is 6.07 Å². The van der Waals surface area contributed by atoms with Crippen LogP contribution in [0.1, 0.15) is 23.2 Å². The average Bonchev–Trinajstić information content (AvgIpc) is 2.58. The summed E-state index contributed by atoms with van der Waals surface area (Å²) in [5, 5.41) is 0. The zero-order valence-corrected chi connectivity index (χ0v) is 8.13.